The molecular weight excluding hydrogens is 639 g/mol. The van der Waals surface area contributed by atoms with Gasteiger partial charge in [-0.1, -0.05) is 141 Å². The molecule has 8 aromatic rings. The summed E-state index contributed by atoms with van der Waals surface area (Å²) in [7, 11) is 0. The van der Waals surface area contributed by atoms with Crippen molar-refractivity contribution in [2.45, 2.75) is 26.2 Å². The van der Waals surface area contributed by atoms with E-state index in [2.05, 4.69) is 200 Å². The number of aryl methyl sites for hydroxylation is 1. The highest BCUT2D eigenvalue weighted by molar-refractivity contribution is 6.93. The van der Waals surface area contributed by atoms with E-state index < -0.39 is 0 Å². The molecule has 2 nitrogen and oxygen atoms in total. The summed E-state index contributed by atoms with van der Waals surface area (Å²) in [6, 6.07) is 63.4. The predicted molar refractivity (Wildman–Crippen MR) is 225 cm³/mol. The van der Waals surface area contributed by atoms with Crippen LogP contribution < -0.4 is 20.6 Å². The van der Waals surface area contributed by atoms with E-state index >= 15 is 0 Å². The molecule has 0 N–H and O–H groups in total. The third kappa shape index (κ3) is 4.34. The molecule has 0 spiro atoms. The van der Waals surface area contributed by atoms with Gasteiger partial charge in [-0.2, -0.15) is 0 Å². The van der Waals surface area contributed by atoms with Crippen molar-refractivity contribution in [3.05, 3.63) is 187 Å². The first-order valence-corrected chi connectivity index (χ1v) is 18.7. The van der Waals surface area contributed by atoms with Gasteiger partial charge in [0.25, 0.3) is 0 Å². The molecule has 3 aliphatic heterocycles. The van der Waals surface area contributed by atoms with Crippen molar-refractivity contribution in [1.29, 1.82) is 0 Å². The average molecular weight is 677 g/mol. The molecule has 53 heavy (non-hydrogen) atoms. The summed E-state index contributed by atoms with van der Waals surface area (Å²) in [5.41, 5.74) is 20.3. The predicted octanol–water partition coefficient (Wildman–Crippen LogP) is 11.8. The monoisotopic (exact) mass is 676 g/mol. The molecule has 3 heteroatoms. The van der Waals surface area contributed by atoms with Crippen molar-refractivity contribution in [3.8, 4) is 33.4 Å². The maximum absolute atomic E-state index is 2.63. The molecule has 0 saturated carbocycles. The number of para-hydroxylation sites is 1. The van der Waals surface area contributed by atoms with E-state index in [0.717, 1.165) is 0 Å². The Hall–Kier alpha value is -6.32. The first kappa shape index (κ1) is 30.3. The smallest absolute Gasteiger partial charge is 0.333 e. The molecule has 11 rings (SSSR count). The number of anilines is 5. The van der Waals surface area contributed by atoms with Gasteiger partial charge in [0.15, 0.2) is 0 Å². The van der Waals surface area contributed by atoms with Gasteiger partial charge in [0.2, 0.25) is 0 Å². The molecule has 3 heterocycles. The van der Waals surface area contributed by atoms with Crippen LogP contribution in [-0.2, 0) is 5.41 Å². The van der Waals surface area contributed by atoms with Gasteiger partial charge < -0.3 is 9.71 Å². The van der Waals surface area contributed by atoms with Crippen molar-refractivity contribution >= 4 is 57.0 Å². The first-order valence-electron chi connectivity index (χ1n) is 18.7. The number of nitrogens with zero attached hydrogens (tertiary/aromatic N) is 2. The quantitative estimate of drug-likeness (QED) is 0.172. The molecular formula is C50H37BN2. The van der Waals surface area contributed by atoms with Crippen LogP contribution in [0, 0.1) is 6.92 Å². The number of hydrogen-bond acceptors (Lipinski definition) is 2. The normalized spacial score (nSPS) is 14.4. The minimum atomic E-state index is -0.194. The van der Waals surface area contributed by atoms with Crippen LogP contribution in [-0.4, -0.2) is 6.85 Å². The Bertz CT molecular complexity index is 2790. The molecule has 250 valence electrons. The first-order chi connectivity index (χ1) is 26.0. The topological polar surface area (TPSA) is 6.48 Å². The Morgan fingerprint density at radius 2 is 1.13 bits per heavy atom. The van der Waals surface area contributed by atoms with E-state index in [1.165, 1.54) is 100 Å². The zero-order chi connectivity index (χ0) is 35.4. The van der Waals surface area contributed by atoms with Crippen molar-refractivity contribution in [2.75, 3.05) is 9.71 Å². The minimum Gasteiger partial charge on any atom is -0.376 e. The molecule has 0 unspecified atom stereocenters. The Morgan fingerprint density at radius 1 is 0.472 bits per heavy atom. The van der Waals surface area contributed by atoms with Crippen LogP contribution in [0.15, 0.2) is 170 Å². The lowest BCUT2D eigenvalue weighted by molar-refractivity contribution is 0.633. The molecule has 8 aromatic carbocycles. The van der Waals surface area contributed by atoms with E-state index in [1.54, 1.807) is 0 Å². The number of hydrogen-bond donors (Lipinski definition) is 0. The van der Waals surface area contributed by atoms with Crippen LogP contribution in [0.1, 0.15) is 30.5 Å². The van der Waals surface area contributed by atoms with E-state index in [9.17, 15) is 0 Å². The lowest BCUT2D eigenvalue weighted by Crippen LogP contribution is -2.62. The van der Waals surface area contributed by atoms with Crippen LogP contribution in [0.25, 0.3) is 44.2 Å². The van der Waals surface area contributed by atoms with E-state index in [-0.39, 0.29) is 12.3 Å². The Labute approximate surface area is 311 Å². The molecule has 3 aliphatic rings. The van der Waals surface area contributed by atoms with Gasteiger partial charge >= 0.3 is 6.85 Å². The summed E-state index contributed by atoms with van der Waals surface area (Å²) in [6.45, 7) is 7.06. The third-order valence-electron chi connectivity index (χ3n) is 12.0. The second-order valence-corrected chi connectivity index (χ2v) is 15.5. The number of fused-ring (bicyclic) bond motifs is 7. The fourth-order valence-corrected chi connectivity index (χ4v) is 9.53. The van der Waals surface area contributed by atoms with Gasteiger partial charge in [-0.05, 0) is 116 Å². The lowest BCUT2D eigenvalue weighted by atomic mass is 9.42. The van der Waals surface area contributed by atoms with E-state index in [0.29, 0.717) is 0 Å². The maximum atomic E-state index is 2.63. The van der Waals surface area contributed by atoms with Gasteiger partial charge in [0.1, 0.15) is 0 Å². The van der Waals surface area contributed by atoms with Crippen molar-refractivity contribution in [2.24, 2.45) is 0 Å². The molecule has 0 atom stereocenters. The van der Waals surface area contributed by atoms with Gasteiger partial charge in [-0.25, -0.2) is 0 Å². The fourth-order valence-electron chi connectivity index (χ4n) is 9.53. The Balaban J connectivity index is 1.24. The SMILES string of the molecule is Cc1cc2c3c(c1)N1c4cc5ccccc5cc4C(C)(C)c4cccc(c41)B3N(c1cccc(-c3ccccc3)c1)c1ccc(-c3ccccc3)cc1-2. The average Bonchev–Trinajstić information content (AvgIpc) is 3.20. The van der Waals surface area contributed by atoms with Crippen molar-refractivity contribution in [1.82, 2.24) is 0 Å². The molecule has 0 fully saturated rings. The molecule has 0 aromatic heterocycles. The Morgan fingerprint density at radius 3 is 1.89 bits per heavy atom. The molecule has 0 radical (unpaired) electrons. The zero-order valence-corrected chi connectivity index (χ0v) is 30.1. The summed E-state index contributed by atoms with van der Waals surface area (Å²) in [5, 5.41) is 2.55. The molecule has 0 bridgehead atoms. The van der Waals surface area contributed by atoms with Gasteiger partial charge in [0.05, 0.1) is 5.69 Å². The van der Waals surface area contributed by atoms with Crippen LogP contribution in [0.3, 0.4) is 0 Å². The van der Waals surface area contributed by atoms with Crippen molar-refractivity contribution < 1.29 is 0 Å². The van der Waals surface area contributed by atoms with Crippen LogP contribution in [0.4, 0.5) is 28.4 Å². The summed E-state index contributed by atoms with van der Waals surface area (Å²) in [6.07, 6.45) is 0. The van der Waals surface area contributed by atoms with Gasteiger partial charge in [0, 0.05) is 33.7 Å². The highest BCUT2D eigenvalue weighted by Crippen LogP contribution is 2.55. The summed E-state index contributed by atoms with van der Waals surface area (Å²) < 4.78 is 0. The minimum absolute atomic E-state index is 0.0225. The lowest BCUT2D eigenvalue weighted by Gasteiger charge is -2.50. The molecule has 0 aliphatic carbocycles. The maximum Gasteiger partial charge on any atom is 0.333 e. The third-order valence-corrected chi connectivity index (χ3v) is 12.0. The van der Waals surface area contributed by atoms with Crippen molar-refractivity contribution in [3.63, 3.8) is 0 Å². The Kier molecular flexibility index (Phi) is 6.35. The van der Waals surface area contributed by atoms with Gasteiger partial charge in [-0.3, -0.25) is 0 Å². The second-order valence-electron chi connectivity index (χ2n) is 15.5. The summed E-state index contributed by atoms with van der Waals surface area (Å²) >= 11 is 0. The van der Waals surface area contributed by atoms with Crippen LogP contribution in [0.5, 0.6) is 0 Å². The van der Waals surface area contributed by atoms with Crippen LogP contribution >= 0.6 is 0 Å². The second kappa shape index (κ2) is 11.1. The fraction of sp³-hybridized carbons (Fsp3) is 0.0800. The van der Waals surface area contributed by atoms with Gasteiger partial charge in [-0.15, -0.1) is 0 Å². The highest BCUT2D eigenvalue weighted by atomic mass is 15.2. The number of benzene rings is 8. The highest BCUT2D eigenvalue weighted by Gasteiger charge is 2.49. The molecule has 0 amide bonds. The summed E-state index contributed by atoms with van der Waals surface area (Å²) in [5.74, 6) is 0. The largest absolute Gasteiger partial charge is 0.376 e. The summed E-state index contributed by atoms with van der Waals surface area (Å²) in [4.78, 5) is 5.25. The number of rotatable bonds is 3. The standard InChI is InChI=1S/C50H37BN2/c1-32-26-41-40-29-38(34-16-8-5-9-17-34)24-25-45(40)53(39-21-12-20-35(28-39)33-14-6-4-7-15-33)51-44-23-13-22-42-49(44)52(47(27-32)48(41)51)46-31-37-19-11-10-18-36(37)30-43(46)50(42,2)3/h4-31H,1-3H3. The van der Waals surface area contributed by atoms with Crippen LogP contribution in [0.2, 0.25) is 0 Å². The van der Waals surface area contributed by atoms with E-state index in [1.807, 2.05) is 0 Å². The molecule has 0 saturated heterocycles. The zero-order valence-electron chi connectivity index (χ0n) is 30.1. The van der Waals surface area contributed by atoms with E-state index in [4.69, 9.17) is 0 Å².